The maximum Gasteiger partial charge on any atom is 0.358 e. The molecule has 0 unspecified atom stereocenters. The van der Waals surface area contributed by atoms with Crippen LogP contribution in [0.3, 0.4) is 0 Å². The minimum Gasteiger partial charge on any atom is -0.476 e. The molecule has 1 N–H and O–H groups in total. The summed E-state index contributed by atoms with van der Waals surface area (Å²) in [5, 5.41) is 15.9. The van der Waals surface area contributed by atoms with E-state index in [1.165, 1.54) is 17.2 Å². The lowest BCUT2D eigenvalue weighted by molar-refractivity contribution is 0.0690. The first-order valence-electron chi connectivity index (χ1n) is 5.98. The Morgan fingerprint density at radius 2 is 2.00 bits per heavy atom. The summed E-state index contributed by atoms with van der Waals surface area (Å²) in [6.45, 7) is 0.689. The highest BCUT2D eigenvalue weighted by Gasteiger charge is 2.10. The first kappa shape index (κ1) is 13.2. The molecule has 0 saturated carbocycles. The maximum absolute atomic E-state index is 13.3. The molecular formula is C12H9F2N5O2. The number of carboxylic acids is 1. The predicted octanol–water partition coefficient (Wildman–Crippen LogP) is 1.30. The van der Waals surface area contributed by atoms with Crippen molar-refractivity contribution in [2.75, 3.05) is 0 Å². The Morgan fingerprint density at radius 3 is 2.71 bits per heavy atom. The van der Waals surface area contributed by atoms with Gasteiger partial charge in [-0.15, -0.1) is 5.10 Å². The van der Waals surface area contributed by atoms with Crippen molar-refractivity contribution in [2.24, 2.45) is 0 Å². The first-order chi connectivity index (χ1) is 10.0. The van der Waals surface area contributed by atoms with Crippen molar-refractivity contribution >= 4 is 17.0 Å². The number of benzene rings is 1. The van der Waals surface area contributed by atoms with Gasteiger partial charge in [0, 0.05) is 18.7 Å². The van der Waals surface area contributed by atoms with Gasteiger partial charge in [-0.2, -0.15) is 0 Å². The Bertz CT molecular complexity index is 826. The minimum absolute atomic E-state index is 0.154. The zero-order valence-corrected chi connectivity index (χ0v) is 10.6. The topological polar surface area (TPSA) is 85.8 Å². The Balaban J connectivity index is 1.81. The van der Waals surface area contributed by atoms with Crippen LogP contribution < -0.4 is 0 Å². The molecule has 0 spiro atoms. The molecule has 3 rings (SSSR count). The maximum atomic E-state index is 13.3. The summed E-state index contributed by atoms with van der Waals surface area (Å²) in [7, 11) is 0. The number of hydrogen-bond acceptors (Lipinski definition) is 4. The van der Waals surface area contributed by atoms with Crippen LogP contribution in [0.5, 0.6) is 0 Å². The average Bonchev–Trinajstić information content (AvgIpc) is 3.04. The SMILES string of the molecule is O=C(O)c1cn(CCn2cnc3cc(F)c(F)cc32)nn1. The molecule has 2 heterocycles. The molecule has 0 aliphatic heterocycles. The van der Waals surface area contributed by atoms with Gasteiger partial charge in [-0.05, 0) is 0 Å². The lowest BCUT2D eigenvalue weighted by atomic mass is 10.3. The van der Waals surface area contributed by atoms with Crippen molar-refractivity contribution < 1.29 is 18.7 Å². The largest absolute Gasteiger partial charge is 0.476 e. The van der Waals surface area contributed by atoms with Crippen LogP contribution in [-0.2, 0) is 13.1 Å². The van der Waals surface area contributed by atoms with Crippen molar-refractivity contribution in [1.29, 1.82) is 0 Å². The van der Waals surface area contributed by atoms with Crippen LogP contribution in [0.25, 0.3) is 11.0 Å². The number of aromatic nitrogens is 5. The van der Waals surface area contributed by atoms with Crippen LogP contribution in [-0.4, -0.2) is 35.6 Å². The van der Waals surface area contributed by atoms with Gasteiger partial charge in [0.2, 0.25) is 0 Å². The zero-order valence-electron chi connectivity index (χ0n) is 10.6. The lowest BCUT2D eigenvalue weighted by Crippen LogP contribution is -2.07. The van der Waals surface area contributed by atoms with Crippen molar-refractivity contribution in [3.63, 3.8) is 0 Å². The molecule has 0 aliphatic rings. The number of halogens is 2. The number of aryl methyl sites for hydroxylation is 2. The molecule has 21 heavy (non-hydrogen) atoms. The Kier molecular flexibility index (Phi) is 3.09. The molecule has 0 bridgehead atoms. The predicted molar refractivity (Wildman–Crippen MR) is 66.6 cm³/mol. The molecule has 0 atom stereocenters. The number of imidazole rings is 1. The number of rotatable bonds is 4. The minimum atomic E-state index is -1.16. The van der Waals surface area contributed by atoms with E-state index in [0.717, 1.165) is 12.1 Å². The van der Waals surface area contributed by atoms with Gasteiger partial charge in [-0.25, -0.2) is 23.2 Å². The van der Waals surface area contributed by atoms with E-state index in [9.17, 15) is 13.6 Å². The second kappa shape index (κ2) is 4.93. The molecule has 2 aromatic heterocycles. The van der Waals surface area contributed by atoms with E-state index in [-0.39, 0.29) is 5.69 Å². The van der Waals surface area contributed by atoms with E-state index >= 15 is 0 Å². The number of carboxylic acid groups (broad SMARTS) is 1. The van der Waals surface area contributed by atoms with Crippen molar-refractivity contribution in [3.05, 3.63) is 42.0 Å². The molecule has 0 fully saturated rings. The molecule has 0 radical (unpaired) electrons. The van der Waals surface area contributed by atoms with E-state index in [0.29, 0.717) is 24.1 Å². The molecule has 0 aliphatic carbocycles. The Labute approximate surface area is 116 Å². The quantitative estimate of drug-likeness (QED) is 0.783. The molecule has 1 aromatic carbocycles. The van der Waals surface area contributed by atoms with E-state index in [1.54, 1.807) is 4.57 Å². The number of carbonyl (C=O) groups is 1. The molecular weight excluding hydrogens is 284 g/mol. The van der Waals surface area contributed by atoms with Crippen LogP contribution in [0.4, 0.5) is 8.78 Å². The van der Waals surface area contributed by atoms with E-state index in [1.807, 2.05) is 0 Å². The fourth-order valence-corrected chi connectivity index (χ4v) is 1.95. The summed E-state index contributed by atoms with van der Waals surface area (Å²) < 4.78 is 29.3. The molecule has 9 heteroatoms. The van der Waals surface area contributed by atoms with Crippen molar-refractivity contribution in [3.8, 4) is 0 Å². The summed E-state index contributed by atoms with van der Waals surface area (Å²) in [5.74, 6) is -3.06. The van der Waals surface area contributed by atoms with E-state index < -0.39 is 17.6 Å². The highest BCUT2D eigenvalue weighted by Crippen LogP contribution is 2.17. The normalized spacial score (nSPS) is 11.1. The van der Waals surface area contributed by atoms with Gasteiger partial charge in [-0.1, -0.05) is 5.21 Å². The summed E-state index contributed by atoms with van der Waals surface area (Å²) in [6, 6.07) is 2.10. The van der Waals surface area contributed by atoms with E-state index in [2.05, 4.69) is 15.3 Å². The molecule has 0 amide bonds. The number of hydrogen-bond donors (Lipinski definition) is 1. The highest BCUT2D eigenvalue weighted by molar-refractivity contribution is 5.84. The lowest BCUT2D eigenvalue weighted by Gasteiger charge is -2.04. The van der Waals surface area contributed by atoms with Crippen LogP contribution in [0, 0.1) is 11.6 Å². The van der Waals surface area contributed by atoms with Crippen molar-refractivity contribution in [1.82, 2.24) is 24.5 Å². The summed E-state index contributed by atoms with van der Waals surface area (Å²) in [6.07, 6.45) is 2.75. The average molecular weight is 293 g/mol. The third kappa shape index (κ3) is 2.45. The fourth-order valence-electron chi connectivity index (χ4n) is 1.95. The third-order valence-corrected chi connectivity index (χ3v) is 2.99. The smallest absolute Gasteiger partial charge is 0.358 e. The summed E-state index contributed by atoms with van der Waals surface area (Å²) >= 11 is 0. The molecule has 108 valence electrons. The first-order valence-corrected chi connectivity index (χ1v) is 5.98. The van der Waals surface area contributed by atoms with Gasteiger partial charge < -0.3 is 9.67 Å². The van der Waals surface area contributed by atoms with Crippen LogP contribution in [0.2, 0.25) is 0 Å². The number of aromatic carboxylic acids is 1. The molecule has 3 aromatic rings. The summed E-state index contributed by atoms with van der Waals surface area (Å²) in [4.78, 5) is 14.7. The van der Waals surface area contributed by atoms with Crippen molar-refractivity contribution in [2.45, 2.75) is 13.1 Å². The van der Waals surface area contributed by atoms with Gasteiger partial charge in [-0.3, -0.25) is 0 Å². The van der Waals surface area contributed by atoms with Crippen LogP contribution >= 0.6 is 0 Å². The fraction of sp³-hybridized carbons (Fsp3) is 0.167. The summed E-state index contributed by atoms with van der Waals surface area (Å²) in [5.41, 5.74) is 0.643. The zero-order chi connectivity index (χ0) is 15.0. The van der Waals surface area contributed by atoms with Gasteiger partial charge in [0.1, 0.15) is 0 Å². The Morgan fingerprint density at radius 1 is 1.24 bits per heavy atom. The van der Waals surface area contributed by atoms with Gasteiger partial charge in [0.05, 0.1) is 30.1 Å². The highest BCUT2D eigenvalue weighted by atomic mass is 19.2. The molecule has 0 saturated heterocycles. The molecule has 7 nitrogen and oxygen atoms in total. The number of nitrogens with zero attached hydrogens (tertiary/aromatic N) is 5. The second-order valence-electron chi connectivity index (χ2n) is 4.37. The van der Waals surface area contributed by atoms with Crippen LogP contribution in [0.15, 0.2) is 24.7 Å². The second-order valence-corrected chi connectivity index (χ2v) is 4.37. The van der Waals surface area contributed by atoms with Crippen LogP contribution in [0.1, 0.15) is 10.5 Å². The van der Waals surface area contributed by atoms with Gasteiger partial charge in [0.15, 0.2) is 17.3 Å². The number of fused-ring (bicyclic) bond motifs is 1. The monoisotopic (exact) mass is 293 g/mol. The van der Waals surface area contributed by atoms with Gasteiger partial charge >= 0.3 is 5.97 Å². The van der Waals surface area contributed by atoms with E-state index in [4.69, 9.17) is 5.11 Å². The van der Waals surface area contributed by atoms with Gasteiger partial charge in [0.25, 0.3) is 0 Å². The third-order valence-electron chi connectivity index (χ3n) is 2.99. The Hall–Kier alpha value is -2.84. The standard InChI is InChI=1S/C12H9F2N5O2/c13-7-3-9-11(4-8(7)14)18(6-15-9)1-2-19-5-10(12(20)21)16-17-19/h3-6H,1-2H2,(H,20,21).